The van der Waals surface area contributed by atoms with Crippen molar-refractivity contribution in [3.63, 3.8) is 0 Å². The van der Waals surface area contributed by atoms with Gasteiger partial charge in [0.15, 0.2) is 0 Å². The summed E-state index contributed by atoms with van der Waals surface area (Å²) in [4.78, 5) is 3.53. The molecule has 0 fully saturated rings. The van der Waals surface area contributed by atoms with Crippen LogP contribution in [0.4, 0.5) is 0 Å². The summed E-state index contributed by atoms with van der Waals surface area (Å²) >= 11 is 0. The van der Waals surface area contributed by atoms with Crippen LogP contribution in [0.3, 0.4) is 0 Å². The molecule has 17 heavy (non-hydrogen) atoms. The number of fused-ring (bicyclic) bond motifs is 3. The predicted octanol–water partition coefficient (Wildman–Crippen LogP) is 4.09. The summed E-state index contributed by atoms with van der Waals surface area (Å²) in [6, 6.07) is 8.62. The highest BCUT2D eigenvalue weighted by molar-refractivity contribution is 6.09. The molecule has 1 aromatic carbocycles. The lowest BCUT2D eigenvalue weighted by atomic mass is 9.99. The van der Waals surface area contributed by atoms with Gasteiger partial charge >= 0.3 is 0 Å². The van der Waals surface area contributed by atoms with Gasteiger partial charge in [0.25, 0.3) is 0 Å². The number of aromatic nitrogens is 2. The Morgan fingerprint density at radius 3 is 2.59 bits per heavy atom. The molecular weight excluding hydrogens is 208 g/mol. The zero-order valence-corrected chi connectivity index (χ0v) is 10.8. The minimum atomic E-state index is 0.551. The van der Waals surface area contributed by atoms with Crippen molar-refractivity contribution in [3.05, 3.63) is 35.5 Å². The van der Waals surface area contributed by atoms with Gasteiger partial charge in [0.1, 0.15) is 5.65 Å². The highest BCUT2D eigenvalue weighted by atomic mass is 15.0. The lowest BCUT2D eigenvalue weighted by molar-refractivity contribution is 0.864. The van der Waals surface area contributed by atoms with Crippen LogP contribution in [0.5, 0.6) is 0 Å². The first-order valence-electron chi connectivity index (χ1n) is 6.17. The first kappa shape index (κ1) is 10.5. The van der Waals surface area contributed by atoms with Gasteiger partial charge in [-0.15, -0.1) is 0 Å². The second-order valence-corrected chi connectivity index (χ2v) is 5.12. The summed E-state index contributed by atoms with van der Waals surface area (Å²) < 4.78 is 2.25. The highest BCUT2D eigenvalue weighted by Gasteiger charge is 2.17. The van der Waals surface area contributed by atoms with Crippen molar-refractivity contribution in [2.45, 2.75) is 26.7 Å². The van der Waals surface area contributed by atoms with E-state index in [-0.39, 0.29) is 0 Å². The van der Waals surface area contributed by atoms with Crippen molar-refractivity contribution in [3.8, 4) is 0 Å². The van der Waals surface area contributed by atoms with Gasteiger partial charge in [-0.2, -0.15) is 0 Å². The summed E-state index contributed by atoms with van der Waals surface area (Å²) in [6.07, 6.45) is 0. The van der Waals surface area contributed by atoms with Crippen LogP contribution in [-0.4, -0.2) is 9.55 Å². The number of aromatic amines is 1. The van der Waals surface area contributed by atoms with Crippen molar-refractivity contribution in [2.75, 3.05) is 0 Å². The van der Waals surface area contributed by atoms with Crippen LogP contribution in [0.25, 0.3) is 21.9 Å². The van der Waals surface area contributed by atoms with Gasteiger partial charge in [0.2, 0.25) is 0 Å². The van der Waals surface area contributed by atoms with Gasteiger partial charge < -0.3 is 9.55 Å². The minimum Gasteiger partial charge on any atom is -0.345 e. The van der Waals surface area contributed by atoms with Crippen LogP contribution < -0.4 is 0 Å². The van der Waals surface area contributed by atoms with Gasteiger partial charge in [0, 0.05) is 23.5 Å². The largest absolute Gasteiger partial charge is 0.345 e. The Hall–Kier alpha value is -1.70. The first-order chi connectivity index (χ1) is 8.11. The van der Waals surface area contributed by atoms with Crippen molar-refractivity contribution >= 4 is 21.9 Å². The molecule has 2 aromatic heterocycles. The molecule has 2 heterocycles. The lowest BCUT2D eigenvalue weighted by Crippen LogP contribution is -1.89. The molecule has 88 valence electrons. The second-order valence-electron chi connectivity index (χ2n) is 5.12. The SMILES string of the molecule is Cc1[nH]c2c(c1C(C)C)c1ccccc1n2C. The molecule has 1 N–H and O–H groups in total. The van der Waals surface area contributed by atoms with Crippen LogP contribution in [0, 0.1) is 6.92 Å². The molecule has 2 heteroatoms. The molecule has 0 amide bonds. The summed E-state index contributed by atoms with van der Waals surface area (Å²) in [5.41, 5.74) is 5.30. The normalized spacial score (nSPS) is 12.1. The van der Waals surface area contributed by atoms with Crippen molar-refractivity contribution < 1.29 is 0 Å². The number of benzene rings is 1. The van der Waals surface area contributed by atoms with E-state index in [0.717, 1.165) is 0 Å². The fourth-order valence-corrected chi connectivity index (χ4v) is 2.97. The molecule has 0 bridgehead atoms. The van der Waals surface area contributed by atoms with E-state index in [1.165, 1.54) is 33.2 Å². The molecule has 0 radical (unpaired) electrons. The van der Waals surface area contributed by atoms with Crippen LogP contribution in [0.2, 0.25) is 0 Å². The highest BCUT2D eigenvalue weighted by Crippen LogP contribution is 2.35. The molecule has 0 spiro atoms. The maximum Gasteiger partial charge on any atom is 0.118 e. The second kappa shape index (κ2) is 3.39. The van der Waals surface area contributed by atoms with E-state index in [2.05, 4.69) is 61.6 Å². The van der Waals surface area contributed by atoms with Crippen LogP contribution in [-0.2, 0) is 7.05 Å². The van der Waals surface area contributed by atoms with E-state index in [1.807, 2.05) is 0 Å². The van der Waals surface area contributed by atoms with Gasteiger partial charge in [-0.3, -0.25) is 0 Å². The topological polar surface area (TPSA) is 20.7 Å². The molecular formula is C15H18N2. The average Bonchev–Trinajstić information content (AvgIpc) is 2.76. The van der Waals surface area contributed by atoms with E-state index in [1.54, 1.807) is 0 Å². The number of rotatable bonds is 1. The first-order valence-corrected chi connectivity index (χ1v) is 6.17. The van der Waals surface area contributed by atoms with Crippen molar-refractivity contribution in [1.82, 2.24) is 9.55 Å². The zero-order chi connectivity index (χ0) is 12.2. The van der Waals surface area contributed by atoms with Gasteiger partial charge in [-0.1, -0.05) is 32.0 Å². The zero-order valence-electron chi connectivity index (χ0n) is 10.8. The summed E-state index contributed by atoms with van der Waals surface area (Å²) in [5.74, 6) is 0.551. The molecule has 0 aliphatic rings. The summed E-state index contributed by atoms with van der Waals surface area (Å²) in [7, 11) is 2.13. The molecule has 0 saturated carbocycles. The third-order valence-corrected chi connectivity index (χ3v) is 3.66. The number of nitrogens with zero attached hydrogens (tertiary/aromatic N) is 1. The van der Waals surface area contributed by atoms with Crippen molar-refractivity contribution in [2.24, 2.45) is 7.05 Å². The molecule has 0 unspecified atom stereocenters. The number of para-hydroxylation sites is 1. The fraction of sp³-hybridized carbons (Fsp3) is 0.333. The maximum atomic E-state index is 3.53. The Morgan fingerprint density at radius 2 is 1.88 bits per heavy atom. The standard InChI is InChI=1S/C15H18N2/c1-9(2)13-10(3)16-15-14(13)11-7-5-6-8-12(11)17(15)4/h5-9,16H,1-4H3. The fourth-order valence-electron chi connectivity index (χ4n) is 2.97. The van der Waals surface area contributed by atoms with Gasteiger partial charge in [-0.25, -0.2) is 0 Å². The Labute approximate surface area is 101 Å². The van der Waals surface area contributed by atoms with Crippen LogP contribution >= 0.6 is 0 Å². The lowest BCUT2D eigenvalue weighted by Gasteiger charge is -2.04. The molecule has 0 aliphatic heterocycles. The third kappa shape index (κ3) is 1.27. The van der Waals surface area contributed by atoms with E-state index in [4.69, 9.17) is 0 Å². The quantitative estimate of drug-likeness (QED) is 0.645. The Morgan fingerprint density at radius 1 is 1.18 bits per heavy atom. The average molecular weight is 226 g/mol. The van der Waals surface area contributed by atoms with E-state index < -0.39 is 0 Å². The van der Waals surface area contributed by atoms with E-state index in [0.29, 0.717) is 5.92 Å². The third-order valence-electron chi connectivity index (χ3n) is 3.66. The van der Waals surface area contributed by atoms with E-state index in [9.17, 15) is 0 Å². The molecule has 0 atom stereocenters. The van der Waals surface area contributed by atoms with Crippen molar-refractivity contribution in [1.29, 1.82) is 0 Å². The molecule has 0 aliphatic carbocycles. The minimum absolute atomic E-state index is 0.551. The maximum absolute atomic E-state index is 3.53. The summed E-state index contributed by atoms with van der Waals surface area (Å²) in [6.45, 7) is 6.69. The van der Waals surface area contributed by atoms with Gasteiger partial charge in [0.05, 0.1) is 5.52 Å². The number of hydrogen-bond donors (Lipinski definition) is 1. The predicted molar refractivity (Wildman–Crippen MR) is 73.6 cm³/mol. The Kier molecular flexibility index (Phi) is 2.09. The number of aryl methyl sites for hydroxylation is 2. The smallest absolute Gasteiger partial charge is 0.118 e. The van der Waals surface area contributed by atoms with Crippen LogP contribution in [0.15, 0.2) is 24.3 Å². The Balaban J connectivity index is 2.58. The summed E-state index contributed by atoms with van der Waals surface area (Å²) in [5, 5.41) is 2.76. The molecule has 2 nitrogen and oxygen atoms in total. The number of H-pyrrole nitrogens is 1. The van der Waals surface area contributed by atoms with Crippen LogP contribution in [0.1, 0.15) is 31.0 Å². The van der Waals surface area contributed by atoms with Gasteiger partial charge in [-0.05, 0) is 24.5 Å². The molecule has 3 rings (SSSR count). The molecule has 0 saturated heterocycles. The van der Waals surface area contributed by atoms with E-state index >= 15 is 0 Å². The number of nitrogens with one attached hydrogen (secondary N) is 1. The number of hydrogen-bond acceptors (Lipinski definition) is 0. The Bertz CT molecular complexity index is 698. The monoisotopic (exact) mass is 226 g/mol. The molecule has 3 aromatic rings.